The highest BCUT2D eigenvalue weighted by molar-refractivity contribution is 6.00. The lowest BCUT2D eigenvalue weighted by atomic mass is 9.98. The van der Waals surface area contributed by atoms with Gasteiger partial charge in [-0.1, -0.05) is 11.6 Å². The first-order valence-corrected chi connectivity index (χ1v) is 6.62. The molecule has 1 aromatic heterocycles. The van der Waals surface area contributed by atoms with Crippen molar-refractivity contribution in [1.29, 1.82) is 0 Å². The molecule has 0 atom stereocenters. The van der Waals surface area contributed by atoms with Crippen molar-refractivity contribution in [3.63, 3.8) is 0 Å². The topological polar surface area (TPSA) is 93.6 Å². The molecule has 6 nitrogen and oxygen atoms in total. The van der Waals surface area contributed by atoms with E-state index in [2.05, 4.69) is 15.4 Å². The Labute approximate surface area is 112 Å². The van der Waals surface area contributed by atoms with E-state index in [-0.39, 0.29) is 11.9 Å². The maximum Gasteiger partial charge on any atom is 0.245 e. The van der Waals surface area contributed by atoms with Gasteiger partial charge in [-0.05, 0) is 45.1 Å². The molecule has 0 radical (unpaired) electrons. The van der Waals surface area contributed by atoms with Gasteiger partial charge in [-0.3, -0.25) is 0 Å². The van der Waals surface area contributed by atoms with Crippen molar-refractivity contribution >= 4 is 5.84 Å². The smallest absolute Gasteiger partial charge is 0.245 e. The number of aromatic nitrogens is 2. The first-order valence-electron chi connectivity index (χ1n) is 6.62. The zero-order valence-electron chi connectivity index (χ0n) is 11.4. The molecule has 1 saturated carbocycles. The Balaban J connectivity index is 2.31. The molecule has 1 aliphatic rings. The van der Waals surface area contributed by atoms with Crippen LogP contribution in [-0.4, -0.2) is 27.3 Å². The van der Waals surface area contributed by atoms with Crippen molar-refractivity contribution in [2.24, 2.45) is 10.9 Å². The third kappa shape index (κ3) is 2.94. The molecule has 0 aromatic carbocycles. The van der Waals surface area contributed by atoms with Gasteiger partial charge in [0.25, 0.3) is 0 Å². The SMILES string of the molecule is Cc1nnc(OC2CCCCC2)c(/C(N)=N/O)c1C. The molecular formula is C13H20N4O2. The van der Waals surface area contributed by atoms with Gasteiger partial charge in [0.15, 0.2) is 5.84 Å². The lowest BCUT2D eigenvalue weighted by Gasteiger charge is -2.23. The number of aryl methyl sites for hydroxylation is 1. The molecule has 2 rings (SSSR count). The van der Waals surface area contributed by atoms with Crippen molar-refractivity contribution in [2.75, 3.05) is 0 Å². The fraction of sp³-hybridized carbons (Fsp3) is 0.615. The Bertz CT molecular complexity index is 482. The predicted molar refractivity (Wildman–Crippen MR) is 71.5 cm³/mol. The number of oxime groups is 1. The lowest BCUT2D eigenvalue weighted by molar-refractivity contribution is 0.146. The summed E-state index contributed by atoms with van der Waals surface area (Å²) < 4.78 is 5.90. The number of nitrogens with two attached hydrogens (primary N) is 1. The highest BCUT2D eigenvalue weighted by atomic mass is 16.5. The Morgan fingerprint density at radius 3 is 2.58 bits per heavy atom. The number of hydrogen-bond donors (Lipinski definition) is 2. The Kier molecular flexibility index (Phi) is 4.19. The van der Waals surface area contributed by atoms with E-state index in [1.165, 1.54) is 19.3 Å². The zero-order valence-corrected chi connectivity index (χ0v) is 11.4. The zero-order chi connectivity index (χ0) is 13.8. The molecule has 1 aliphatic carbocycles. The number of hydrogen-bond acceptors (Lipinski definition) is 5. The second-order valence-corrected chi connectivity index (χ2v) is 4.95. The van der Waals surface area contributed by atoms with Gasteiger partial charge < -0.3 is 15.7 Å². The van der Waals surface area contributed by atoms with Gasteiger partial charge in [0.1, 0.15) is 6.10 Å². The monoisotopic (exact) mass is 264 g/mol. The Hall–Kier alpha value is -1.85. The maximum atomic E-state index is 8.89. The van der Waals surface area contributed by atoms with Crippen LogP contribution in [0.4, 0.5) is 0 Å². The summed E-state index contributed by atoms with van der Waals surface area (Å²) in [5.74, 6) is 0.381. The van der Waals surface area contributed by atoms with Crippen LogP contribution in [0.2, 0.25) is 0 Å². The molecule has 0 amide bonds. The minimum atomic E-state index is 0.0151. The largest absolute Gasteiger partial charge is 0.473 e. The van der Waals surface area contributed by atoms with Crippen LogP contribution >= 0.6 is 0 Å². The van der Waals surface area contributed by atoms with E-state index in [1.54, 1.807) is 0 Å². The summed E-state index contributed by atoms with van der Waals surface area (Å²) in [7, 11) is 0. The fourth-order valence-corrected chi connectivity index (χ4v) is 2.36. The van der Waals surface area contributed by atoms with Crippen LogP contribution in [0, 0.1) is 13.8 Å². The van der Waals surface area contributed by atoms with Crippen molar-refractivity contribution in [2.45, 2.75) is 52.1 Å². The minimum Gasteiger partial charge on any atom is -0.473 e. The quantitative estimate of drug-likeness (QED) is 0.376. The van der Waals surface area contributed by atoms with Crippen LogP contribution in [0.5, 0.6) is 5.88 Å². The standard InChI is InChI=1S/C13H20N4O2/c1-8-9(2)15-16-13(11(8)12(14)17-18)19-10-6-4-3-5-7-10/h10,18H,3-7H2,1-2H3,(H2,14,17). The summed E-state index contributed by atoms with van der Waals surface area (Å²) in [4.78, 5) is 0. The van der Waals surface area contributed by atoms with Gasteiger partial charge in [-0.15, -0.1) is 5.10 Å². The molecule has 0 saturated heterocycles. The lowest BCUT2D eigenvalue weighted by Crippen LogP contribution is -2.24. The van der Waals surface area contributed by atoms with Crippen molar-refractivity contribution in [1.82, 2.24) is 10.2 Å². The van der Waals surface area contributed by atoms with Crippen LogP contribution in [0.1, 0.15) is 48.9 Å². The first kappa shape index (κ1) is 13.6. The van der Waals surface area contributed by atoms with Gasteiger partial charge in [-0.2, -0.15) is 5.10 Å². The fourth-order valence-electron chi connectivity index (χ4n) is 2.36. The molecule has 1 heterocycles. The van der Waals surface area contributed by atoms with Crippen LogP contribution in [0.15, 0.2) is 5.16 Å². The van der Waals surface area contributed by atoms with E-state index in [0.717, 1.165) is 24.1 Å². The van der Waals surface area contributed by atoms with Crippen molar-refractivity contribution < 1.29 is 9.94 Å². The molecule has 19 heavy (non-hydrogen) atoms. The molecule has 1 fully saturated rings. The van der Waals surface area contributed by atoms with E-state index in [1.807, 2.05) is 13.8 Å². The van der Waals surface area contributed by atoms with E-state index in [4.69, 9.17) is 15.7 Å². The van der Waals surface area contributed by atoms with E-state index < -0.39 is 0 Å². The Morgan fingerprint density at radius 1 is 1.26 bits per heavy atom. The average molecular weight is 264 g/mol. The molecule has 0 aliphatic heterocycles. The maximum absolute atomic E-state index is 8.89. The average Bonchev–Trinajstić information content (AvgIpc) is 2.44. The molecular weight excluding hydrogens is 244 g/mol. The molecule has 3 N–H and O–H groups in total. The summed E-state index contributed by atoms with van der Waals surface area (Å²) in [6.07, 6.45) is 5.78. The Morgan fingerprint density at radius 2 is 1.95 bits per heavy atom. The minimum absolute atomic E-state index is 0.0151. The van der Waals surface area contributed by atoms with Gasteiger partial charge in [0.05, 0.1) is 11.3 Å². The summed E-state index contributed by atoms with van der Waals surface area (Å²) >= 11 is 0. The number of amidine groups is 1. The predicted octanol–water partition coefficient (Wildman–Crippen LogP) is 1.90. The summed E-state index contributed by atoms with van der Waals surface area (Å²) in [6, 6.07) is 0. The van der Waals surface area contributed by atoms with E-state index in [9.17, 15) is 0 Å². The third-order valence-electron chi connectivity index (χ3n) is 3.62. The van der Waals surface area contributed by atoms with Crippen LogP contribution in [0.3, 0.4) is 0 Å². The van der Waals surface area contributed by atoms with Gasteiger partial charge in [0.2, 0.25) is 5.88 Å². The second kappa shape index (κ2) is 5.86. The molecule has 0 unspecified atom stereocenters. The van der Waals surface area contributed by atoms with Gasteiger partial charge >= 0.3 is 0 Å². The second-order valence-electron chi connectivity index (χ2n) is 4.95. The van der Waals surface area contributed by atoms with Crippen LogP contribution in [0.25, 0.3) is 0 Å². The molecule has 0 bridgehead atoms. The van der Waals surface area contributed by atoms with Crippen molar-refractivity contribution in [3.8, 4) is 5.88 Å². The van der Waals surface area contributed by atoms with Crippen LogP contribution in [-0.2, 0) is 0 Å². The number of rotatable bonds is 3. The highest BCUT2D eigenvalue weighted by Crippen LogP contribution is 2.26. The van der Waals surface area contributed by atoms with E-state index >= 15 is 0 Å². The summed E-state index contributed by atoms with van der Waals surface area (Å²) in [5.41, 5.74) is 7.84. The molecule has 104 valence electrons. The number of nitrogens with zero attached hydrogens (tertiary/aromatic N) is 3. The molecule has 1 aromatic rings. The van der Waals surface area contributed by atoms with E-state index in [0.29, 0.717) is 11.4 Å². The highest BCUT2D eigenvalue weighted by Gasteiger charge is 2.21. The van der Waals surface area contributed by atoms with Gasteiger partial charge in [0, 0.05) is 0 Å². The molecule has 6 heteroatoms. The molecule has 0 spiro atoms. The van der Waals surface area contributed by atoms with Crippen molar-refractivity contribution in [3.05, 3.63) is 16.8 Å². The summed E-state index contributed by atoms with van der Waals surface area (Å²) in [5, 5.41) is 20.1. The van der Waals surface area contributed by atoms with Gasteiger partial charge in [-0.25, -0.2) is 0 Å². The normalized spacial score (nSPS) is 17.5. The first-order chi connectivity index (χ1) is 9.13. The van der Waals surface area contributed by atoms with Crippen LogP contribution < -0.4 is 10.5 Å². The summed E-state index contributed by atoms with van der Waals surface area (Å²) in [6.45, 7) is 3.70. The number of ether oxygens (including phenoxy) is 1. The third-order valence-corrected chi connectivity index (χ3v) is 3.62.